The standard InChI is InChI=1S/C21H17N2.C21H19N2.C17H15N2.C17H17N2.C13H14N.12C2H6/c1-14-8-7-10-16-15-9-3-4-11-17(15)23-19-13-6-5-12-18(19)22(2)21(23)20(14)16;1-16-10-6-7-13-18(16)21-22(2)19-14-8-9-15-20(19)23(21)17-11-4-3-5-12-17;1-12-6-5-8-14-13-7-3-4-9-15(13)19-11-10-18(2)17(19)16(12)14;1-14-8-6-7-11-16(14)17-18(2)12-13-19(17)15-9-4-3-5-10-15;1-11-7-3-4-8-12(11)13-9-5-6-10-14(13)2;12*1-2/h3-13H,1-2H3;3-15H,1-2H3;3-11H,1-2H3;3-13H,1-2H3;3-10H,1-2H3;12*1-2H3/q5*+1;;;;;;;;;;;;. The van der Waals surface area contributed by atoms with Gasteiger partial charge >= 0.3 is 0 Å². The Morgan fingerprint density at radius 2 is 0.582 bits per heavy atom. The van der Waals surface area contributed by atoms with E-state index in [9.17, 15) is 0 Å². The normalized spacial score (nSPS) is 9.56. The highest BCUT2D eigenvalue weighted by atomic mass is 15.2. The Morgan fingerprint density at radius 1 is 0.230 bits per heavy atom. The molecular weight excluding hydrogens is 1480 g/mol. The average Bonchev–Trinajstić information content (AvgIpc) is 1.54. The number of para-hydroxylation sites is 8. The van der Waals surface area contributed by atoms with Crippen LogP contribution in [0.15, 0.2) is 316 Å². The third-order valence-corrected chi connectivity index (χ3v) is 19.2. The first-order valence-corrected chi connectivity index (χ1v) is 45.6. The van der Waals surface area contributed by atoms with Gasteiger partial charge in [0.25, 0.3) is 22.9 Å². The number of aromatic nitrogens is 9. The number of pyridine rings is 3. The Hall–Kier alpha value is -12.1. The summed E-state index contributed by atoms with van der Waals surface area (Å²) in [5.74, 6) is 2.40. The monoisotopic (exact) mass is 1640 g/mol. The van der Waals surface area contributed by atoms with Crippen LogP contribution >= 0.6 is 0 Å². The molecule has 0 radical (unpaired) electrons. The average molecular weight is 1640 g/mol. The molecular formula is C113H154N9+5. The Balaban J connectivity index is 0.000000489. The largest absolute Gasteiger partial charge is 0.295 e. The molecule has 122 heavy (non-hydrogen) atoms. The van der Waals surface area contributed by atoms with E-state index in [4.69, 9.17) is 0 Å². The summed E-state index contributed by atoms with van der Waals surface area (Å²) in [6, 6.07) is 100. The van der Waals surface area contributed by atoms with Crippen molar-refractivity contribution in [2.75, 3.05) is 0 Å². The molecule has 0 N–H and O–H groups in total. The molecule has 9 nitrogen and oxygen atoms in total. The number of hydrogen-bond acceptors (Lipinski definition) is 0. The summed E-state index contributed by atoms with van der Waals surface area (Å²) in [6.45, 7) is 58.8. The van der Waals surface area contributed by atoms with E-state index in [1.165, 1.54) is 150 Å². The molecule has 0 saturated carbocycles. The van der Waals surface area contributed by atoms with E-state index < -0.39 is 0 Å². The van der Waals surface area contributed by atoms with Gasteiger partial charge in [-0.1, -0.05) is 354 Å². The van der Waals surface area contributed by atoms with Crippen molar-refractivity contribution >= 4 is 76.7 Å². The van der Waals surface area contributed by atoms with Gasteiger partial charge in [0.15, 0.2) is 28.3 Å². The topological polar surface area (TPSA) is 38.1 Å². The predicted molar refractivity (Wildman–Crippen MR) is 540 cm³/mol. The van der Waals surface area contributed by atoms with E-state index in [1.807, 2.05) is 178 Å². The van der Waals surface area contributed by atoms with E-state index in [2.05, 4.69) is 415 Å². The lowest BCUT2D eigenvalue weighted by molar-refractivity contribution is -0.660. The second-order valence-corrected chi connectivity index (χ2v) is 25.5. The number of nitrogens with zero attached hydrogens (tertiary/aromatic N) is 9. The highest BCUT2D eigenvalue weighted by Gasteiger charge is 2.28. The lowest BCUT2D eigenvalue weighted by atomic mass is 10.0. The van der Waals surface area contributed by atoms with Crippen molar-refractivity contribution in [2.24, 2.45) is 35.2 Å². The van der Waals surface area contributed by atoms with Gasteiger partial charge in [-0.2, -0.15) is 17.9 Å². The van der Waals surface area contributed by atoms with Crippen molar-refractivity contribution in [1.29, 1.82) is 0 Å². The highest BCUT2D eigenvalue weighted by molar-refractivity contribution is 6.14. The zero-order chi connectivity index (χ0) is 91.6. The van der Waals surface area contributed by atoms with E-state index in [0.29, 0.717) is 0 Å². The van der Waals surface area contributed by atoms with Gasteiger partial charge in [-0.3, -0.25) is 0 Å². The van der Waals surface area contributed by atoms with Crippen LogP contribution in [-0.4, -0.2) is 17.9 Å². The van der Waals surface area contributed by atoms with E-state index in [-0.39, 0.29) is 0 Å². The van der Waals surface area contributed by atoms with Crippen LogP contribution in [0, 0.1) is 34.6 Å². The quantitative estimate of drug-likeness (QED) is 0.122. The van der Waals surface area contributed by atoms with Crippen molar-refractivity contribution in [3.05, 3.63) is 344 Å². The molecule has 0 aliphatic heterocycles. The third kappa shape index (κ3) is 25.1. The zero-order valence-electron chi connectivity index (χ0n) is 81.5. The predicted octanol–water partition coefficient (Wildman–Crippen LogP) is 30.4. The molecule has 0 bridgehead atoms. The zero-order valence-corrected chi connectivity index (χ0v) is 81.5. The Morgan fingerprint density at radius 3 is 1.07 bits per heavy atom. The van der Waals surface area contributed by atoms with Crippen LogP contribution in [0.25, 0.3) is 122 Å². The van der Waals surface area contributed by atoms with Crippen molar-refractivity contribution < 1.29 is 22.8 Å². The van der Waals surface area contributed by atoms with Crippen LogP contribution < -0.4 is 22.8 Å². The fourth-order valence-corrected chi connectivity index (χ4v) is 14.4. The van der Waals surface area contributed by atoms with Crippen LogP contribution in [-0.2, 0) is 35.2 Å². The van der Waals surface area contributed by atoms with E-state index in [1.54, 1.807) is 0 Å². The molecule has 18 aromatic rings. The van der Waals surface area contributed by atoms with Crippen LogP contribution in [0.1, 0.15) is 194 Å². The highest BCUT2D eigenvalue weighted by Crippen LogP contribution is 2.35. The maximum atomic E-state index is 2.40. The Kier molecular flexibility index (Phi) is 50.4. The summed E-state index contributed by atoms with van der Waals surface area (Å²) >= 11 is 0. The number of hydrogen-bond donors (Lipinski definition) is 0. The molecule has 0 aliphatic carbocycles. The fourth-order valence-electron chi connectivity index (χ4n) is 14.4. The van der Waals surface area contributed by atoms with Gasteiger partial charge in [0.2, 0.25) is 5.69 Å². The SMILES string of the molecule is CC.CC.CC.CC.CC.CC.CC.CC.CC.CC.CC.CC.Cc1cccc2c3ccccc3n3c4ccccc4[n+](C)c3c12.Cc1cccc2c3ccccc3n3cc[n+](C)c3c12.Cc1ccccc1-c1cccc[n+]1C.Cc1ccccc1-c1n(-c2ccccc2)c2ccccc2[n+]1C.Cc1ccccc1-c1n(-c2ccccc2)cc[n+]1C. The van der Waals surface area contributed by atoms with E-state index in [0.717, 1.165) is 0 Å². The first kappa shape index (κ1) is 106. The van der Waals surface area contributed by atoms with Gasteiger partial charge in [0, 0.05) is 39.2 Å². The minimum absolute atomic E-state index is 1.18. The number of fused-ring (bicyclic) bond motifs is 15. The second-order valence-electron chi connectivity index (χ2n) is 25.5. The fraction of sp³-hybridized carbons (Fsp3) is 0.301. The van der Waals surface area contributed by atoms with Gasteiger partial charge in [-0.05, 0) is 147 Å². The van der Waals surface area contributed by atoms with Gasteiger partial charge in [-0.25, -0.2) is 22.8 Å². The van der Waals surface area contributed by atoms with Crippen LogP contribution in [0.2, 0.25) is 0 Å². The number of benzene rings is 11. The summed E-state index contributed by atoms with van der Waals surface area (Å²) in [4.78, 5) is 0. The summed E-state index contributed by atoms with van der Waals surface area (Å²) in [5, 5.41) is 7.95. The molecule has 0 fully saturated rings. The molecule has 0 aliphatic rings. The first-order chi connectivity index (χ1) is 59.9. The molecule has 7 heterocycles. The molecule has 0 amide bonds. The van der Waals surface area contributed by atoms with Crippen molar-refractivity contribution in [3.63, 3.8) is 0 Å². The maximum Gasteiger partial charge on any atom is 0.295 e. The lowest BCUT2D eigenvalue weighted by Crippen LogP contribution is -2.30. The van der Waals surface area contributed by atoms with Crippen LogP contribution in [0.3, 0.4) is 0 Å². The summed E-state index contributed by atoms with van der Waals surface area (Å²) in [7, 11) is 10.6. The molecule has 0 spiro atoms. The van der Waals surface area contributed by atoms with Gasteiger partial charge in [0.1, 0.15) is 54.2 Å². The summed E-state index contributed by atoms with van der Waals surface area (Å²) in [6.07, 6.45) is 10.5. The lowest BCUT2D eigenvalue weighted by Gasteiger charge is -2.06. The van der Waals surface area contributed by atoms with Gasteiger partial charge < -0.3 is 0 Å². The second kappa shape index (κ2) is 58.0. The third-order valence-electron chi connectivity index (χ3n) is 19.2. The molecule has 0 unspecified atom stereocenters. The molecule has 0 saturated heterocycles. The van der Waals surface area contributed by atoms with Crippen LogP contribution in [0.4, 0.5) is 0 Å². The molecule has 7 aromatic heterocycles. The molecule has 18 rings (SSSR count). The first-order valence-electron chi connectivity index (χ1n) is 45.6. The van der Waals surface area contributed by atoms with Gasteiger partial charge in [0.05, 0.1) is 50.1 Å². The van der Waals surface area contributed by atoms with E-state index >= 15 is 0 Å². The molecule has 0 atom stereocenters. The number of imidazole rings is 4. The number of aryl methyl sites for hydroxylation is 10. The molecule has 646 valence electrons. The minimum atomic E-state index is 1.18. The van der Waals surface area contributed by atoms with Crippen molar-refractivity contribution in [3.8, 4) is 45.4 Å². The molecule has 9 heteroatoms. The minimum Gasteiger partial charge on any atom is -0.232 e. The maximum absolute atomic E-state index is 2.40. The van der Waals surface area contributed by atoms with Crippen molar-refractivity contribution in [1.82, 2.24) is 17.9 Å². The van der Waals surface area contributed by atoms with Gasteiger partial charge in [-0.15, -0.1) is 0 Å². The van der Waals surface area contributed by atoms with Crippen molar-refractivity contribution in [2.45, 2.75) is 201 Å². The summed E-state index contributed by atoms with van der Waals surface area (Å²) < 4.78 is 20.4. The smallest absolute Gasteiger partial charge is 0.232 e. The van der Waals surface area contributed by atoms with Crippen LogP contribution in [0.5, 0.6) is 0 Å². The Labute approximate surface area is 738 Å². The Bertz CT molecular complexity index is 5910. The number of rotatable bonds is 5. The molecule has 11 aromatic carbocycles. The summed E-state index contributed by atoms with van der Waals surface area (Å²) in [5.41, 5.74) is 24.0.